The molecule has 4 rings (SSSR count). The standard InChI is InChI=1S/C23H26N6O2/c1-14-17(8-4-9-18(14)24)20-13-29(2)23(31)21(28-20)26-15-6-3-7-16(12-15)27-22(30)19-10-5-11-25-19/h3-4,6-9,12-13,19,25H,5,10-11,24H2,1-2H3,(H,26,28)(H,27,30). The molecule has 0 radical (unpaired) electrons. The summed E-state index contributed by atoms with van der Waals surface area (Å²) in [7, 11) is 1.69. The molecule has 1 saturated heterocycles. The van der Waals surface area contributed by atoms with E-state index in [0.29, 0.717) is 22.8 Å². The van der Waals surface area contributed by atoms with E-state index < -0.39 is 0 Å². The van der Waals surface area contributed by atoms with E-state index in [-0.39, 0.29) is 23.3 Å². The lowest BCUT2D eigenvalue weighted by molar-refractivity contribution is -0.117. The number of hydrogen-bond acceptors (Lipinski definition) is 6. The van der Waals surface area contributed by atoms with E-state index in [1.54, 1.807) is 19.3 Å². The van der Waals surface area contributed by atoms with Crippen LogP contribution in [-0.4, -0.2) is 28.0 Å². The molecule has 1 fully saturated rings. The second-order valence-electron chi connectivity index (χ2n) is 7.75. The number of amides is 1. The molecule has 0 spiro atoms. The highest BCUT2D eigenvalue weighted by molar-refractivity contribution is 5.95. The van der Waals surface area contributed by atoms with Gasteiger partial charge in [0.05, 0.1) is 11.7 Å². The molecule has 1 aliphatic heterocycles. The number of aromatic nitrogens is 2. The SMILES string of the molecule is Cc1c(N)cccc1-c1cn(C)c(=O)c(Nc2cccc(NC(=O)C3CCCN3)c2)n1. The van der Waals surface area contributed by atoms with Crippen molar-refractivity contribution in [1.29, 1.82) is 0 Å². The number of hydrogen-bond donors (Lipinski definition) is 4. The Morgan fingerprint density at radius 3 is 2.77 bits per heavy atom. The summed E-state index contributed by atoms with van der Waals surface area (Å²) in [4.78, 5) is 29.6. The van der Waals surface area contributed by atoms with Gasteiger partial charge in [0.2, 0.25) is 5.91 Å². The maximum Gasteiger partial charge on any atom is 0.293 e. The number of carbonyl (C=O) groups excluding carboxylic acids is 1. The van der Waals surface area contributed by atoms with Crippen LogP contribution in [0.3, 0.4) is 0 Å². The molecule has 2 heterocycles. The molecule has 0 bridgehead atoms. The highest BCUT2D eigenvalue weighted by Crippen LogP contribution is 2.26. The number of nitrogens with zero attached hydrogens (tertiary/aromatic N) is 2. The van der Waals surface area contributed by atoms with Crippen LogP contribution in [0.5, 0.6) is 0 Å². The summed E-state index contributed by atoms with van der Waals surface area (Å²) in [5, 5.41) is 9.21. The molecule has 1 aliphatic rings. The number of carbonyl (C=O) groups is 1. The van der Waals surface area contributed by atoms with Crippen molar-refractivity contribution in [2.45, 2.75) is 25.8 Å². The first-order chi connectivity index (χ1) is 14.9. The van der Waals surface area contributed by atoms with Crippen LogP contribution in [0.2, 0.25) is 0 Å². The lowest BCUT2D eigenvalue weighted by atomic mass is 10.0. The van der Waals surface area contributed by atoms with E-state index in [0.717, 1.165) is 30.5 Å². The first-order valence-corrected chi connectivity index (χ1v) is 10.3. The van der Waals surface area contributed by atoms with Crippen LogP contribution in [0.4, 0.5) is 22.9 Å². The molecule has 8 nitrogen and oxygen atoms in total. The zero-order valence-electron chi connectivity index (χ0n) is 17.6. The molecule has 1 amide bonds. The zero-order valence-corrected chi connectivity index (χ0v) is 17.6. The van der Waals surface area contributed by atoms with Gasteiger partial charge < -0.3 is 26.3 Å². The van der Waals surface area contributed by atoms with Gasteiger partial charge in [-0.2, -0.15) is 0 Å². The van der Waals surface area contributed by atoms with Crippen molar-refractivity contribution in [3.63, 3.8) is 0 Å². The van der Waals surface area contributed by atoms with E-state index in [4.69, 9.17) is 5.73 Å². The fraction of sp³-hybridized carbons (Fsp3) is 0.261. The van der Waals surface area contributed by atoms with E-state index in [1.165, 1.54) is 4.57 Å². The molecule has 160 valence electrons. The molecule has 5 N–H and O–H groups in total. The summed E-state index contributed by atoms with van der Waals surface area (Å²) in [6.45, 7) is 2.79. The van der Waals surface area contributed by atoms with Crippen LogP contribution in [-0.2, 0) is 11.8 Å². The quantitative estimate of drug-likeness (QED) is 0.474. The molecule has 3 aromatic rings. The number of anilines is 4. The molecular weight excluding hydrogens is 392 g/mol. The Kier molecular flexibility index (Phi) is 5.73. The highest BCUT2D eigenvalue weighted by Gasteiger charge is 2.22. The fourth-order valence-electron chi connectivity index (χ4n) is 3.70. The number of rotatable bonds is 5. The first-order valence-electron chi connectivity index (χ1n) is 10.3. The minimum absolute atomic E-state index is 0.0529. The summed E-state index contributed by atoms with van der Waals surface area (Å²) >= 11 is 0. The van der Waals surface area contributed by atoms with Crippen molar-refractivity contribution in [3.05, 3.63) is 64.6 Å². The number of benzene rings is 2. The van der Waals surface area contributed by atoms with Gasteiger partial charge in [-0.1, -0.05) is 18.2 Å². The van der Waals surface area contributed by atoms with Crippen LogP contribution in [0.1, 0.15) is 18.4 Å². The molecule has 1 unspecified atom stereocenters. The smallest absolute Gasteiger partial charge is 0.293 e. The minimum Gasteiger partial charge on any atom is -0.398 e. The predicted molar refractivity (Wildman–Crippen MR) is 123 cm³/mol. The summed E-state index contributed by atoms with van der Waals surface area (Å²) in [5.74, 6) is 0.144. The van der Waals surface area contributed by atoms with E-state index >= 15 is 0 Å². The van der Waals surface area contributed by atoms with Gasteiger partial charge in [0, 0.05) is 35.9 Å². The Morgan fingerprint density at radius 1 is 1.23 bits per heavy atom. The van der Waals surface area contributed by atoms with Gasteiger partial charge in [0.15, 0.2) is 5.82 Å². The maximum absolute atomic E-state index is 12.7. The summed E-state index contributed by atoms with van der Waals surface area (Å²) in [6.07, 6.45) is 3.53. The van der Waals surface area contributed by atoms with Crippen LogP contribution < -0.4 is 27.2 Å². The lowest BCUT2D eigenvalue weighted by Gasteiger charge is -2.14. The second-order valence-corrected chi connectivity index (χ2v) is 7.75. The van der Waals surface area contributed by atoms with Crippen molar-refractivity contribution in [3.8, 4) is 11.3 Å². The lowest BCUT2D eigenvalue weighted by Crippen LogP contribution is -2.35. The first kappa shape index (κ1) is 20.6. The molecule has 31 heavy (non-hydrogen) atoms. The molecule has 2 aromatic carbocycles. The Hall–Kier alpha value is -3.65. The third-order valence-corrected chi connectivity index (χ3v) is 5.49. The van der Waals surface area contributed by atoms with E-state index in [9.17, 15) is 9.59 Å². The monoisotopic (exact) mass is 418 g/mol. The van der Waals surface area contributed by atoms with Crippen molar-refractivity contribution in [2.24, 2.45) is 7.05 Å². The average Bonchev–Trinajstić information content (AvgIpc) is 3.29. The van der Waals surface area contributed by atoms with Crippen LogP contribution in [0, 0.1) is 6.92 Å². The minimum atomic E-state index is -0.255. The van der Waals surface area contributed by atoms with Gasteiger partial charge in [0.25, 0.3) is 5.56 Å². The fourth-order valence-corrected chi connectivity index (χ4v) is 3.70. The molecule has 1 aromatic heterocycles. The second kappa shape index (κ2) is 8.61. The Labute approximate surface area is 180 Å². The zero-order chi connectivity index (χ0) is 22.0. The number of nitrogens with two attached hydrogens (primary N) is 1. The van der Waals surface area contributed by atoms with Crippen LogP contribution in [0.15, 0.2) is 53.5 Å². The van der Waals surface area contributed by atoms with Crippen LogP contribution in [0.25, 0.3) is 11.3 Å². The molecule has 0 aliphatic carbocycles. The topological polar surface area (TPSA) is 114 Å². The molecular formula is C23H26N6O2. The number of nitrogens with one attached hydrogen (secondary N) is 3. The van der Waals surface area contributed by atoms with Crippen molar-refractivity contribution < 1.29 is 4.79 Å². The van der Waals surface area contributed by atoms with Gasteiger partial charge in [-0.25, -0.2) is 4.98 Å². The maximum atomic E-state index is 12.7. The van der Waals surface area contributed by atoms with Gasteiger partial charge >= 0.3 is 0 Å². The van der Waals surface area contributed by atoms with Gasteiger partial charge in [-0.15, -0.1) is 0 Å². The van der Waals surface area contributed by atoms with Crippen molar-refractivity contribution in [1.82, 2.24) is 14.9 Å². The summed E-state index contributed by atoms with van der Waals surface area (Å²) in [5.41, 5.74) is 10.2. The van der Waals surface area contributed by atoms with E-state index in [2.05, 4.69) is 20.9 Å². The molecule has 8 heteroatoms. The van der Waals surface area contributed by atoms with Gasteiger partial charge in [-0.05, 0) is 56.1 Å². The Bertz CT molecular complexity index is 1180. The van der Waals surface area contributed by atoms with Gasteiger partial charge in [-0.3, -0.25) is 9.59 Å². The number of nitrogen functional groups attached to an aromatic ring is 1. The van der Waals surface area contributed by atoms with Crippen LogP contribution >= 0.6 is 0 Å². The summed E-state index contributed by atoms with van der Waals surface area (Å²) < 4.78 is 1.49. The Balaban J connectivity index is 1.60. The van der Waals surface area contributed by atoms with Crippen molar-refractivity contribution in [2.75, 3.05) is 22.9 Å². The van der Waals surface area contributed by atoms with Gasteiger partial charge in [0.1, 0.15) is 0 Å². The third kappa shape index (κ3) is 4.44. The Morgan fingerprint density at radius 2 is 2.00 bits per heavy atom. The predicted octanol–water partition coefficient (Wildman–Crippen LogP) is 2.77. The molecule has 1 atom stereocenters. The summed E-state index contributed by atoms with van der Waals surface area (Å²) in [6, 6.07) is 12.7. The molecule has 0 saturated carbocycles. The average molecular weight is 419 g/mol. The van der Waals surface area contributed by atoms with Crippen molar-refractivity contribution >= 4 is 28.8 Å². The largest absolute Gasteiger partial charge is 0.398 e. The van der Waals surface area contributed by atoms with E-state index in [1.807, 2.05) is 43.3 Å². The highest BCUT2D eigenvalue weighted by atomic mass is 16.2. The third-order valence-electron chi connectivity index (χ3n) is 5.49. The normalized spacial score (nSPS) is 15.6. The number of aryl methyl sites for hydroxylation is 1.